The van der Waals surface area contributed by atoms with Crippen LogP contribution in [0.5, 0.6) is 0 Å². The second-order valence-electron chi connectivity index (χ2n) is 15.7. The molecule has 12 nitrogen and oxygen atoms in total. The van der Waals surface area contributed by atoms with Crippen LogP contribution in [0.15, 0.2) is 11.6 Å². The molecule has 256 valence electrons. The SMILES string of the molecule is C[C@H]1CC[C@@]2(OC1)O[C@@H]1C[C@@H]3[C@@H]4[C@@H](O)C=C5C[C@@H](O)C[C@@H](O[C@@H]6OC[C@H](OS(=O)(=O)O)[C@H](O)[C@H]6O)[C@]5(C)[C@H]4CC[C@]3(C)[C@@H]1[C@@H]2C. The summed E-state index contributed by atoms with van der Waals surface area (Å²) in [6.45, 7) is 9.30. The molecule has 5 N–H and O–H groups in total. The fourth-order valence-corrected chi connectivity index (χ4v) is 11.7. The maximum atomic E-state index is 11.8. The minimum absolute atomic E-state index is 0.0271. The van der Waals surface area contributed by atoms with E-state index >= 15 is 0 Å². The molecule has 17 atom stereocenters. The van der Waals surface area contributed by atoms with Crippen LogP contribution >= 0.6 is 0 Å². The summed E-state index contributed by atoms with van der Waals surface area (Å²) >= 11 is 0. The van der Waals surface area contributed by atoms with E-state index in [9.17, 15) is 28.8 Å². The van der Waals surface area contributed by atoms with Gasteiger partial charge in [0.15, 0.2) is 12.1 Å². The lowest BCUT2D eigenvalue weighted by atomic mass is 9.45. The molecule has 0 aromatic heterocycles. The van der Waals surface area contributed by atoms with Gasteiger partial charge in [0.05, 0.1) is 37.6 Å². The van der Waals surface area contributed by atoms with Gasteiger partial charge in [0.2, 0.25) is 0 Å². The van der Waals surface area contributed by atoms with Crippen molar-refractivity contribution in [3.63, 3.8) is 0 Å². The Bertz CT molecular complexity index is 1280. The van der Waals surface area contributed by atoms with Gasteiger partial charge in [-0.3, -0.25) is 4.55 Å². The van der Waals surface area contributed by atoms with Crippen LogP contribution in [0.3, 0.4) is 0 Å². The predicted octanol–water partition coefficient (Wildman–Crippen LogP) is 1.95. The molecule has 0 radical (unpaired) electrons. The van der Waals surface area contributed by atoms with Crippen molar-refractivity contribution in [1.82, 2.24) is 0 Å². The summed E-state index contributed by atoms with van der Waals surface area (Å²) < 4.78 is 61.3. The van der Waals surface area contributed by atoms with Crippen molar-refractivity contribution < 1.29 is 56.5 Å². The maximum absolute atomic E-state index is 11.8. The van der Waals surface area contributed by atoms with Gasteiger partial charge in [-0.2, -0.15) is 8.42 Å². The molecule has 6 fully saturated rings. The quantitative estimate of drug-likeness (QED) is 0.219. The van der Waals surface area contributed by atoms with Crippen LogP contribution < -0.4 is 0 Å². The van der Waals surface area contributed by atoms with Crippen LogP contribution in [0.25, 0.3) is 0 Å². The van der Waals surface area contributed by atoms with Gasteiger partial charge in [-0.15, -0.1) is 0 Å². The average molecular weight is 659 g/mol. The molecule has 7 rings (SSSR count). The van der Waals surface area contributed by atoms with Gasteiger partial charge in [0.1, 0.15) is 18.3 Å². The highest BCUT2D eigenvalue weighted by Crippen LogP contribution is 2.71. The van der Waals surface area contributed by atoms with E-state index in [1.165, 1.54) is 0 Å². The monoisotopic (exact) mass is 658 g/mol. The molecule has 3 aliphatic heterocycles. The minimum Gasteiger partial charge on any atom is -0.393 e. The van der Waals surface area contributed by atoms with Gasteiger partial charge in [-0.1, -0.05) is 39.3 Å². The average Bonchev–Trinajstić information content (AvgIpc) is 3.40. The van der Waals surface area contributed by atoms with Gasteiger partial charge >= 0.3 is 10.4 Å². The molecular weight excluding hydrogens is 608 g/mol. The first-order chi connectivity index (χ1) is 21.1. The lowest BCUT2D eigenvalue weighted by Gasteiger charge is -2.61. The molecule has 45 heavy (non-hydrogen) atoms. The third-order valence-corrected chi connectivity index (χ3v) is 13.9. The summed E-state index contributed by atoms with van der Waals surface area (Å²) in [6, 6.07) is 0. The topological polar surface area (TPSA) is 181 Å². The molecule has 0 aromatic carbocycles. The van der Waals surface area contributed by atoms with Gasteiger partial charge in [0.25, 0.3) is 0 Å². The fraction of sp³-hybridized carbons (Fsp3) is 0.938. The largest absolute Gasteiger partial charge is 0.397 e. The van der Waals surface area contributed by atoms with E-state index in [0.29, 0.717) is 18.3 Å². The number of hydrogen-bond acceptors (Lipinski definition) is 11. The molecule has 3 saturated heterocycles. The smallest absolute Gasteiger partial charge is 0.393 e. The van der Waals surface area contributed by atoms with Crippen LogP contribution in [-0.4, -0.2) is 101 Å². The van der Waals surface area contributed by atoms with E-state index in [0.717, 1.165) is 44.3 Å². The molecule has 4 aliphatic carbocycles. The predicted molar refractivity (Wildman–Crippen MR) is 158 cm³/mol. The van der Waals surface area contributed by atoms with Gasteiger partial charge in [0, 0.05) is 24.2 Å². The molecule has 0 aromatic rings. The third-order valence-electron chi connectivity index (χ3n) is 13.4. The second kappa shape index (κ2) is 11.2. The van der Waals surface area contributed by atoms with Gasteiger partial charge < -0.3 is 39.4 Å². The molecule has 3 saturated carbocycles. The Morgan fingerprint density at radius 1 is 0.978 bits per heavy atom. The highest BCUT2D eigenvalue weighted by Gasteiger charge is 2.70. The number of hydrogen-bond donors (Lipinski definition) is 5. The zero-order chi connectivity index (χ0) is 32.3. The highest BCUT2D eigenvalue weighted by atomic mass is 32.3. The zero-order valence-corrected chi connectivity index (χ0v) is 27.3. The number of aliphatic hydroxyl groups excluding tert-OH is 4. The fourth-order valence-electron chi connectivity index (χ4n) is 11.2. The molecule has 0 unspecified atom stereocenters. The lowest BCUT2D eigenvalue weighted by Crippen LogP contribution is -2.62. The minimum atomic E-state index is -4.88. The Morgan fingerprint density at radius 2 is 1.73 bits per heavy atom. The zero-order valence-electron chi connectivity index (χ0n) is 26.5. The number of ether oxygens (including phenoxy) is 4. The molecule has 1 spiro atoms. The summed E-state index contributed by atoms with van der Waals surface area (Å²) in [5.74, 6) is 0.762. The summed E-state index contributed by atoms with van der Waals surface area (Å²) in [7, 11) is -4.88. The molecule has 13 heteroatoms. The van der Waals surface area contributed by atoms with Crippen LogP contribution in [0.4, 0.5) is 0 Å². The van der Waals surface area contributed by atoms with Crippen LogP contribution in [0, 0.1) is 46.3 Å². The Labute approximate surface area is 265 Å². The summed E-state index contributed by atoms with van der Waals surface area (Å²) in [6.07, 6.45) is -0.879. The van der Waals surface area contributed by atoms with Crippen molar-refractivity contribution in [2.24, 2.45) is 46.3 Å². The van der Waals surface area contributed by atoms with Crippen molar-refractivity contribution in [1.29, 1.82) is 0 Å². The van der Waals surface area contributed by atoms with E-state index in [-0.39, 0.29) is 41.6 Å². The van der Waals surface area contributed by atoms with Gasteiger partial charge in [-0.05, 0) is 67.1 Å². The van der Waals surface area contributed by atoms with Crippen LogP contribution in [0.2, 0.25) is 0 Å². The first-order valence-corrected chi connectivity index (χ1v) is 18.1. The molecule has 3 heterocycles. The highest BCUT2D eigenvalue weighted by molar-refractivity contribution is 7.80. The van der Waals surface area contributed by atoms with E-state index in [4.69, 9.17) is 23.5 Å². The van der Waals surface area contributed by atoms with Crippen molar-refractivity contribution >= 4 is 10.4 Å². The normalized spacial score (nSPS) is 56.2. The molecular formula is C32H50O12S. The van der Waals surface area contributed by atoms with Gasteiger partial charge in [-0.25, -0.2) is 4.18 Å². The Kier molecular flexibility index (Phi) is 8.14. The summed E-state index contributed by atoms with van der Waals surface area (Å²) in [4.78, 5) is 0. The summed E-state index contributed by atoms with van der Waals surface area (Å²) in [5, 5.41) is 44.1. The molecule has 0 amide bonds. The van der Waals surface area contributed by atoms with Crippen molar-refractivity contribution in [2.45, 2.75) is 127 Å². The first kappa shape index (κ1) is 32.8. The Hall–Kier alpha value is -0.710. The molecule has 0 bridgehead atoms. The number of aliphatic hydroxyl groups is 4. The Morgan fingerprint density at radius 3 is 2.42 bits per heavy atom. The van der Waals surface area contributed by atoms with E-state index in [1.54, 1.807) is 0 Å². The first-order valence-electron chi connectivity index (χ1n) is 16.8. The van der Waals surface area contributed by atoms with E-state index < -0.39 is 71.1 Å². The van der Waals surface area contributed by atoms with Crippen LogP contribution in [0.1, 0.15) is 72.6 Å². The van der Waals surface area contributed by atoms with E-state index in [2.05, 4.69) is 31.9 Å². The second-order valence-corrected chi connectivity index (χ2v) is 16.8. The van der Waals surface area contributed by atoms with Crippen molar-refractivity contribution in [3.05, 3.63) is 11.6 Å². The standard InChI is InChI=1S/C32H50O12S/c1-15-5-8-32(41-13-15)16(2)26-22(43-32)12-20-25-19(6-7-30(20,26)3)31(4)17(10-21(25)34)9-18(33)11-24(31)42-29-28(36)27(35)23(14-40-29)44-45(37,38)39/h10,15-16,18-29,33-36H,5-9,11-14H2,1-4H3,(H,37,38,39)/t15-,16-,18+,19-,20+,21-,22+,23-,24+,25+,26+,27-,28+,29-,30-,31-,32+/m0/s1. The van der Waals surface area contributed by atoms with Crippen LogP contribution in [-0.2, 0) is 33.5 Å². The van der Waals surface area contributed by atoms with Crippen molar-refractivity contribution in [2.75, 3.05) is 13.2 Å². The van der Waals surface area contributed by atoms with Crippen molar-refractivity contribution in [3.8, 4) is 0 Å². The van der Waals surface area contributed by atoms with E-state index in [1.807, 2.05) is 6.08 Å². The molecule has 7 aliphatic rings. The third kappa shape index (κ3) is 5.10. The number of rotatable bonds is 4. The summed E-state index contributed by atoms with van der Waals surface area (Å²) in [5.41, 5.74) is 0.297. The Balaban J connectivity index is 1.14. The lowest BCUT2D eigenvalue weighted by molar-refractivity contribution is -0.299. The maximum Gasteiger partial charge on any atom is 0.397 e. The number of fused-ring (bicyclic) bond motifs is 7.